The Labute approximate surface area is 112 Å². The van der Waals surface area contributed by atoms with Crippen molar-refractivity contribution in [3.63, 3.8) is 0 Å². The van der Waals surface area contributed by atoms with Gasteiger partial charge in [0.05, 0.1) is 17.6 Å². The number of imidazole rings is 1. The van der Waals surface area contributed by atoms with Crippen molar-refractivity contribution in [1.29, 1.82) is 0 Å². The van der Waals surface area contributed by atoms with Crippen molar-refractivity contribution in [1.82, 2.24) is 14.9 Å². The van der Waals surface area contributed by atoms with E-state index in [9.17, 15) is 4.39 Å². The highest BCUT2D eigenvalue weighted by molar-refractivity contribution is 5.26. The van der Waals surface area contributed by atoms with Gasteiger partial charge >= 0.3 is 0 Å². The van der Waals surface area contributed by atoms with E-state index >= 15 is 0 Å². The van der Waals surface area contributed by atoms with Gasteiger partial charge in [0.2, 0.25) is 0 Å². The summed E-state index contributed by atoms with van der Waals surface area (Å²) in [6, 6.07) is 6.66. The van der Waals surface area contributed by atoms with Crippen molar-refractivity contribution in [2.75, 3.05) is 6.54 Å². The molecule has 19 heavy (non-hydrogen) atoms. The maximum atomic E-state index is 12.9. The molecule has 0 fully saturated rings. The number of rotatable bonds is 2. The van der Waals surface area contributed by atoms with Crippen LogP contribution in [-0.2, 0) is 18.5 Å². The summed E-state index contributed by atoms with van der Waals surface area (Å²) in [7, 11) is 0. The molecular formula is C15H18FN3. The molecule has 3 nitrogen and oxygen atoms in total. The van der Waals surface area contributed by atoms with Crippen molar-refractivity contribution >= 4 is 0 Å². The van der Waals surface area contributed by atoms with Gasteiger partial charge in [-0.1, -0.05) is 12.1 Å². The van der Waals surface area contributed by atoms with Gasteiger partial charge in [0.15, 0.2) is 0 Å². The van der Waals surface area contributed by atoms with Crippen LogP contribution in [0.5, 0.6) is 0 Å². The predicted octanol–water partition coefficient (Wildman–Crippen LogP) is 2.45. The molecule has 0 aliphatic carbocycles. The Morgan fingerprint density at radius 2 is 2.05 bits per heavy atom. The van der Waals surface area contributed by atoms with Gasteiger partial charge < -0.3 is 9.88 Å². The number of hydrogen-bond donors (Lipinski definition) is 1. The van der Waals surface area contributed by atoms with Gasteiger partial charge in [0.1, 0.15) is 5.82 Å². The lowest BCUT2D eigenvalue weighted by Crippen LogP contribution is -2.43. The average molecular weight is 259 g/mol. The number of halogens is 1. The fourth-order valence-corrected chi connectivity index (χ4v) is 2.69. The van der Waals surface area contributed by atoms with Crippen molar-refractivity contribution in [3.05, 3.63) is 53.4 Å². The van der Waals surface area contributed by atoms with Crippen molar-refractivity contribution in [3.8, 4) is 0 Å². The Hall–Kier alpha value is -1.68. The van der Waals surface area contributed by atoms with Gasteiger partial charge in [-0.15, -0.1) is 0 Å². The first kappa shape index (κ1) is 12.4. The third kappa shape index (κ3) is 2.28. The van der Waals surface area contributed by atoms with E-state index in [0.29, 0.717) is 0 Å². The van der Waals surface area contributed by atoms with Crippen molar-refractivity contribution in [2.45, 2.75) is 32.4 Å². The fourth-order valence-electron chi connectivity index (χ4n) is 2.69. The molecule has 0 bridgehead atoms. The van der Waals surface area contributed by atoms with E-state index in [2.05, 4.69) is 28.7 Å². The molecule has 0 radical (unpaired) electrons. The zero-order chi connectivity index (χ0) is 13.5. The Balaban J connectivity index is 1.91. The molecule has 1 aliphatic heterocycles. The molecular weight excluding hydrogens is 241 g/mol. The predicted molar refractivity (Wildman–Crippen MR) is 72.5 cm³/mol. The quantitative estimate of drug-likeness (QED) is 0.897. The van der Waals surface area contributed by atoms with E-state index in [4.69, 9.17) is 0 Å². The summed E-state index contributed by atoms with van der Waals surface area (Å²) in [5.74, 6) is -0.193. The lowest BCUT2D eigenvalue weighted by molar-refractivity contribution is 0.368. The van der Waals surface area contributed by atoms with Gasteiger partial charge in [0, 0.05) is 25.2 Å². The minimum absolute atomic E-state index is 0.0678. The smallest absolute Gasteiger partial charge is 0.123 e. The van der Waals surface area contributed by atoms with Crippen LogP contribution in [0.15, 0.2) is 30.6 Å². The lowest BCUT2D eigenvalue weighted by atomic mass is 9.93. The van der Waals surface area contributed by atoms with Crippen LogP contribution in [-0.4, -0.2) is 16.1 Å². The van der Waals surface area contributed by atoms with Crippen LogP contribution in [0.1, 0.15) is 30.8 Å². The molecule has 2 aromatic rings. The monoisotopic (exact) mass is 259 g/mol. The maximum absolute atomic E-state index is 12.9. The maximum Gasteiger partial charge on any atom is 0.123 e. The number of benzene rings is 1. The Kier molecular flexibility index (Phi) is 2.90. The number of aromatic nitrogens is 2. The number of nitrogens with zero attached hydrogens (tertiary/aromatic N) is 2. The molecule has 4 heteroatoms. The highest BCUT2D eigenvalue weighted by Gasteiger charge is 2.30. The van der Waals surface area contributed by atoms with Crippen LogP contribution >= 0.6 is 0 Å². The summed E-state index contributed by atoms with van der Waals surface area (Å²) < 4.78 is 15.1. The highest BCUT2D eigenvalue weighted by Crippen LogP contribution is 2.26. The first-order chi connectivity index (χ1) is 9.06. The summed E-state index contributed by atoms with van der Waals surface area (Å²) in [5, 5.41) is 3.47. The summed E-state index contributed by atoms with van der Waals surface area (Å²) in [6.07, 6.45) is 2.88. The second-order valence-corrected chi connectivity index (χ2v) is 5.60. The van der Waals surface area contributed by atoms with E-state index < -0.39 is 0 Å². The largest absolute Gasteiger partial charge is 0.330 e. The van der Waals surface area contributed by atoms with Gasteiger partial charge in [0.25, 0.3) is 0 Å². The summed E-state index contributed by atoms with van der Waals surface area (Å²) in [4.78, 5) is 4.55. The standard InChI is InChI=1S/C15H18FN3/c1-15(2)14-13(7-8-18-15)19(10-17-14)9-11-3-5-12(16)6-4-11/h3-6,10,18H,7-9H2,1-2H3. The summed E-state index contributed by atoms with van der Waals surface area (Å²) >= 11 is 0. The first-order valence-corrected chi connectivity index (χ1v) is 6.60. The molecule has 0 atom stereocenters. The van der Waals surface area contributed by atoms with Crippen LogP contribution in [0.4, 0.5) is 4.39 Å². The van der Waals surface area contributed by atoms with E-state index in [1.54, 1.807) is 0 Å². The molecule has 0 saturated carbocycles. The fraction of sp³-hybridized carbons (Fsp3) is 0.400. The van der Waals surface area contributed by atoms with Crippen LogP contribution < -0.4 is 5.32 Å². The molecule has 2 heterocycles. The molecule has 0 saturated heterocycles. The number of hydrogen-bond acceptors (Lipinski definition) is 2. The third-order valence-corrected chi connectivity index (χ3v) is 3.73. The normalized spacial score (nSPS) is 17.2. The van der Waals surface area contributed by atoms with Crippen LogP contribution in [0.3, 0.4) is 0 Å². The van der Waals surface area contributed by atoms with E-state index in [-0.39, 0.29) is 11.4 Å². The van der Waals surface area contributed by atoms with Crippen molar-refractivity contribution < 1.29 is 4.39 Å². The molecule has 100 valence electrons. The van der Waals surface area contributed by atoms with Gasteiger partial charge in [-0.2, -0.15) is 0 Å². The molecule has 3 rings (SSSR count). The van der Waals surface area contributed by atoms with E-state index in [1.165, 1.54) is 17.8 Å². The second kappa shape index (κ2) is 4.46. The molecule has 0 spiro atoms. The Bertz CT molecular complexity index is 584. The average Bonchev–Trinajstić information content (AvgIpc) is 2.77. The lowest BCUT2D eigenvalue weighted by Gasteiger charge is -2.30. The summed E-state index contributed by atoms with van der Waals surface area (Å²) in [6.45, 7) is 6.02. The molecule has 1 aromatic carbocycles. The van der Waals surface area contributed by atoms with Gasteiger partial charge in [-0.3, -0.25) is 0 Å². The first-order valence-electron chi connectivity index (χ1n) is 6.60. The zero-order valence-corrected chi connectivity index (χ0v) is 11.3. The van der Waals surface area contributed by atoms with Crippen molar-refractivity contribution in [2.24, 2.45) is 0 Å². The molecule has 0 amide bonds. The Morgan fingerprint density at radius 3 is 2.79 bits per heavy atom. The Morgan fingerprint density at radius 1 is 1.32 bits per heavy atom. The van der Waals surface area contributed by atoms with E-state index in [1.807, 2.05) is 18.5 Å². The minimum Gasteiger partial charge on any atom is -0.330 e. The van der Waals surface area contributed by atoms with Crippen LogP contribution in [0.2, 0.25) is 0 Å². The second-order valence-electron chi connectivity index (χ2n) is 5.60. The SMILES string of the molecule is CC1(C)NCCc2c1ncn2Cc1ccc(F)cc1. The third-order valence-electron chi connectivity index (χ3n) is 3.73. The zero-order valence-electron chi connectivity index (χ0n) is 11.3. The van der Waals surface area contributed by atoms with Crippen LogP contribution in [0, 0.1) is 5.82 Å². The van der Waals surface area contributed by atoms with Gasteiger partial charge in [-0.25, -0.2) is 9.37 Å². The topological polar surface area (TPSA) is 29.9 Å². The van der Waals surface area contributed by atoms with Crippen LogP contribution in [0.25, 0.3) is 0 Å². The molecule has 1 aromatic heterocycles. The molecule has 0 unspecified atom stereocenters. The van der Waals surface area contributed by atoms with E-state index in [0.717, 1.165) is 30.8 Å². The summed E-state index contributed by atoms with van der Waals surface area (Å²) in [5.41, 5.74) is 3.44. The number of fused-ring (bicyclic) bond motifs is 1. The van der Waals surface area contributed by atoms with Gasteiger partial charge in [-0.05, 0) is 31.5 Å². The molecule has 1 N–H and O–H groups in total. The highest BCUT2D eigenvalue weighted by atomic mass is 19.1. The number of nitrogens with one attached hydrogen (secondary N) is 1. The minimum atomic E-state index is -0.193. The molecule has 1 aliphatic rings.